The largest absolute Gasteiger partial charge is 0.493 e. The molecule has 2 N–H and O–H groups in total. The third-order valence-corrected chi connectivity index (χ3v) is 3.71. The molecule has 0 aromatic heterocycles. The summed E-state index contributed by atoms with van der Waals surface area (Å²) < 4.78 is 10.4. The van der Waals surface area contributed by atoms with E-state index in [9.17, 15) is 0 Å². The van der Waals surface area contributed by atoms with Gasteiger partial charge in [0.25, 0.3) is 0 Å². The smallest absolute Gasteiger partial charge is 0.191 e. The van der Waals surface area contributed by atoms with Crippen molar-refractivity contribution in [3.05, 3.63) is 52.0 Å². The first-order chi connectivity index (χ1) is 11.5. The van der Waals surface area contributed by atoms with E-state index in [1.54, 1.807) is 50.8 Å². The summed E-state index contributed by atoms with van der Waals surface area (Å²) in [7, 11) is 3.16. The van der Waals surface area contributed by atoms with Crippen molar-refractivity contribution in [3.8, 4) is 11.5 Å². The number of rotatable bonds is 5. The lowest BCUT2D eigenvalue weighted by molar-refractivity contribution is 0.355. The second kappa shape index (κ2) is 8.73. The predicted octanol–water partition coefficient (Wildman–Crippen LogP) is 4.33. The summed E-state index contributed by atoms with van der Waals surface area (Å²) >= 11 is 17.1. The van der Waals surface area contributed by atoms with E-state index in [-0.39, 0.29) is 0 Å². The lowest BCUT2D eigenvalue weighted by Gasteiger charge is -2.09. The Morgan fingerprint density at radius 2 is 1.83 bits per heavy atom. The zero-order valence-corrected chi connectivity index (χ0v) is 15.3. The van der Waals surface area contributed by atoms with Crippen LogP contribution in [-0.4, -0.2) is 25.5 Å². The van der Waals surface area contributed by atoms with Crippen LogP contribution in [0.25, 0.3) is 0 Å². The molecule has 0 aliphatic heterocycles. The van der Waals surface area contributed by atoms with Gasteiger partial charge in [-0.3, -0.25) is 5.43 Å². The number of anilines is 1. The van der Waals surface area contributed by atoms with Gasteiger partial charge in [0.05, 0.1) is 31.1 Å². The summed E-state index contributed by atoms with van der Waals surface area (Å²) in [5, 5.41) is 8.33. The van der Waals surface area contributed by atoms with Crippen LogP contribution in [0.15, 0.2) is 41.5 Å². The Bertz CT molecular complexity index is 769. The van der Waals surface area contributed by atoms with Crippen LogP contribution in [0.5, 0.6) is 11.5 Å². The highest BCUT2D eigenvalue weighted by molar-refractivity contribution is 7.80. The molecule has 2 aromatic rings. The highest BCUT2D eigenvalue weighted by atomic mass is 35.5. The monoisotopic (exact) mass is 383 g/mol. The minimum atomic E-state index is 0.302. The third-order valence-electron chi connectivity index (χ3n) is 2.97. The van der Waals surface area contributed by atoms with Gasteiger partial charge in [-0.2, -0.15) is 5.10 Å². The number of nitrogens with one attached hydrogen (secondary N) is 2. The van der Waals surface area contributed by atoms with E-state index in [1.807, 2.05) is 6.07 Å². The third kappa shape index (κ3) is 4.99. The molecule has 0 saturated heterocycles. The van der Waals surface area contributed by atoms with Crippen molar-refractivity contribution < 1.29 is 9.47 Å². The van der Waals surface area contributed by atoms with Crippen molar-refractivity contribution >= 4 is 52.4 Å². The highest BCUT2D eigenvalue weighted by Crippen LogP contribution is 2.27. The summed E-state index contributed by atoms with van der Waals surface area (Å²) in [6.07, 6.45) is 1.61. The number of hydrogen-bond acceptors (Lipinski definition) is 4. The maximum atomic E-state index is 6.07. The Balaban J connectivity index is 1.97. The normalized spacial score (nSPS) is 10.5. The SMILES string of the molecule is COc1ccc(/C=N\NC(=S)Nc2ccc(Cl)cc2Cl)cc1OC. The van der Waals surface area contributed by atoms with Gasteiger partial charge in [0.15, 0.2) is 16.6 Å². The number of hydrogen-bond donors (Lipinski definition) is 2. The molecule has 0 aliphatic rings. The summed E-state index contributed by atoms with van der Waals surface area (Å²) in [5.41, 5.74) is 4.18. The van der Waals surface area contributed by atoms with Gasteiger partial charge in [0, 0.05) is 5.02 Å². The number of hydrazone groups is 1. The molecule has 2 rings (SSSR count). The average Bonchev–Trinajstić information content (AvgIpc) is 2.57. The maximum absolute atomic E-state index is 6.07. The zero-order valence-electron chi connectivity index (χ0n) is 13.0. The van der Waals surface area contributed by atoms with Crippen molar-refractivity contribution in [3.63, 3.8) is 0 Å². The highest BCUT2D eigenvalue weighted by Gasteiger charge is 2.04. The van der Waals surface area contributed by atoms with Gasteiger partial charge < -0.3 is 14.8 Å². The molecule has 0 bridgehead atoms. The van der Waals surface area contributed by atoms with Gasteiger partial charge in [0.2, 0.25) is 0 Å². The van der Waals surface area contributed by atoms with Crippen LogP contribution in [0, 0.1) is 0 Å². The van der Waals surface area contributed by atoms with Crippen LogP contribution < -0.4 is 20.2 Å². The van der Waals surface area contributed by atoms with E-state index in [1.165, 1.54) is 0 Å². The molecule has 24 heavy (non-hydrogen) atoms. The standard InChI is InChI=1S/C16H15Cl2N3O2S/c1-22-14-6-3-10(7-15(14)23-2)9-19-21-16(24)20-13-5-4-11(17)8-12(13)18/h3-9H,1-2H3,(H2,20,21,24)/b19-9-. The molecule has 0 radical (unpaired) electrons. The first-order valence-electron chi connectivity index (χ1n) is 6.80. The fourth-order valence-corrected chi connectivity index (χ4v) is 2.46. The molecule has 0 saturated carbocycles. The van der Waals surface area contributed by atoms with Crippen LogP contribution in [0.2, 0.25) is 10.0 Å². The first kappa shape index (κ1) is 18.3. The van der Waals surface area contributed by atoms with Gasteiger partial charge >= 0.3 is 0 Å². The van der Waals surface area contributed by atoms with Crippen LogP contribution in [-0.2, 0) is 0 Å². The second-order valence-electron chi connectivity index (χ2n) is 4.56. The minimum Gasteiger partial charge on any atom is -0.493 e. The summed E-state index contributed by atoms with van der Waals surface area (Å²) in [5.74, 6) is 1.27. The van der Waals surface area contributed by atoms with E-state index in [4.69, 9.17) is 44.9 Å². The molecule has 0 aliphatic carbocycles. The Hall–Kier alpha value is -2.02. The number of benzene rings is 2. The summed E-state index contributed by atoms with van der Waals surface area (Å²) in [6, 6.07) is 10.5. The van der Waals surface area contributed by atoms with Gasteiger partial charge in [-0.15, -0.1) is 0 Å². The number of methoxy groups -OCH3 is 2. The maximum Gasteiger partial charge on any atom is 0.191 e. The molecule has 8 heteroatoms. The molecule has 0 fully saturated rings. The number of nitrogens with zero attached hydrogens (tertiary/aromatic N) is 1. The molecule has 126 valence electrons. The average molecular weight is 384 g/mol. The van der Waals surface area contributed by atoms with Crippen molar-refractivity contribution in [2.24, 2.45) is 5.10 Å². The van der Waals surface area contributed by atoms with Gasteiger partial charge in [-0.05, 0) is 54.2 Å². The number of thiocarbonyl (C=S) groups is 1. The van der Waals surface area contributed by atoms with E-state index in [0.29, 0.717) is 32.3 Å². The Morgan fingerprint density at radius 3 is 2.50 bits per heavy atom. The fraction of sp³-hybridized carbons (Fsp3) is 0.125. The van der Waals surface area contributed by atoms with Crippen molar-refractivity contribution in [1.82, 2.24) is 5.43 Å². The van der Waals surface area contributed by atoms with E-state index in [2.05, 4.69) is 15.8 Å². The van der Waals surface area contributed by atoms with Crippen molar-refractivity contribution in [1.29, 1.82) is 0 Å². The molecule has 2 aromatic carbocycles. The Morgan fingerprint density at radius 1 is 1.08 bits per heavy atom. The molecule has 0 heterocycles. The van der Waals surface area contributed by atoms with Crippen molar-refractivity contribution in [2.75, 3.05) is 19.5 Å². The van der Waals surface area contributed by atoms with Crippen molar-refractivity contribution in [2.45, 2.75) is 0 Å². The molecule has 0 spiro atoms. The zero-order chi connectivity index (χ0) is 17.5. The van der Waals surface area contributed by atoms with Gasteiger partial charge in [-0.1, -0.05) is 23.2 Å². The van der Waals surface area contributed by atoms with E-state index >= 15 is 0 Å². The first-order valence-corrected chi connectivity index (χ1v) is 7.97. The fourth-order valence-electron chi connectivity index (χ4n) is 1.84. The lowest BCUT2D eigenvalue weighted by Crippen LogP contribution is -2.24. The molecule has 0 amide bonds. The summed E-state index contributed by atoms with van der Waals surface area (Å²) in [4.78, 5) is 0. The lowest BCUT2D eigenvalue weighted by atomic mass is 10.2. The van der Waals surface area contributed by atoms with Gasteiger partial charge in [0.1, 0.15) is 0 Å². The molecule has 5 nitrogen and oxygen atoms in total. The van der Waals surface area contributed by atoms with Crippen LogP contribution in [0.1, 0.15) is 5.56 Å². The van der Waals surface area contributed by atoms with E-state index in [0.717, 1.165) is 5.56 Å². The molecular weight excluding hydrogens is 369 g/mol. The summed E-state index contributed by atoms with van der Waals surface area (Å²) in [6.45, 7) is 0. The Labute approximate surface area is 155 Å². The Kier molecular flexibility index (Phi) is 6.66. The van der Waals surface area contributed by atoms with E-state index < -0.39 is 0 Å². The number of ether oxygens (including phenoxy) is 2. The number of halogens is 2. The molecular formula is C16H15Cl2N3O2S. The van der Waals surface area contributed by atoms with Crippen LogP contribution in [0.4, 0.5) is 5.69 Å². The second-order valence-corrected chi connectivity index (χ2v) is 5.81. The van der Waals surface area contributed by atoms with Gasteiger partial charge in [-0.25, -0.2) is 0 Å². The molecule has 0 atom stereocenters. The van der Waals surface area contributed by atoms with Crippen LogP contribution in [0.3, 0.4) is 0 Å². The quantitative estimate of drug-likeness (QED) is 0.457. The van der Waals surface area contributed by atoms with Crippen LogP contribution >= 0.6 is 35.4 Å². The topological polar surface area (TPSA) is 54.9 Å². The molecule has 0 unspecified atom stereocenters. The predicted molar refractivity (Wildman–Crippen MR) is 103 cm³/mol. The minimum absolute atomic E-state index is 0.302.